The van der Waals surface area contributed by atoms with Gasteiger partial charge in [0.15, 0.2) is 5.78 Å². The van der Waals surface area contributed by atoms with E-state index in [1.54, 1.807) is 13.8 Å². The van der Waals surface area contributed by atoms with Crippen molar-refractivity contribution in [3.8, 4) is 0 Å². The van der Waals surface area contributed by atoms with E-state index in [0.717, 1.165) is 29.3 Å². The Morgan fingerprint density at radius 1 is 0.700 bits per heavy atom. The molecule has 13 nitrogen and oxygen atoms in total. The Balaban J connectivity index is 2.09. The van der Waals surface area contributed by atoms with E-state index in [0.29, 0.717) is 107 Å². The third-order valence-corrected chi connectivity index (χ3v) is 14.4. The van der Waals surface area contributed by atoms with Crippen LogP contribution in [0.15, 0.2) is 0 Å². The molecule has 0 aliphatic carbocycles. The standard InChI is InChI=1S/C44H73N9O4S3/c1-12-43(11,47)40(55)37-36(51-32(59-37)20-16-18-22-46)31(23-25(4)5)50-42(57)39-35(48-29(10)58-39)30(19-15-17-21-45)49-41(56)38-34(52-33(60-38)24-26(6)7)27(8)53-44(13-2,14-3)28(9)54/h25-27,30-31,53H,12-24,45-47H2,1-11H3,(H,49,56)(H,50,57)/t27-,30-,31-,43-/m0/s1. The summed E-state index contributed by atoms with van der Waals surface area (Å²) in [4.78, 5) is 72.2. The van der Waals surface area contributed by atoms with Gasteiger partial charge in [0.25, 0.3) is 11.8 Å². The first kappa shape index (κ1) is 51.4. The van der Waals surface area contributed by atoms with Gasteiger partial charge in [-0.2, -0.15) is 0 Å². The summed E-state index contributed by atoms with van der Waals surface area (Å²) in [5, 5.41) is 12.4. The Morgan fingerprint density at radius 2 is 1.25 bits per heavy atom. The van der Waals surface area contributed by atoms with Gasteiger partial charge in [-0.3, -0.25) is 24.5 Å². The fourth-order valence-electron chi connectivity index (χ4n) is 7.30. The number of carbonyl (C=O) groups excluding carboxylic acids is 4. The number of unbranched alkanes of at least 4 members (excludes halogenated alkanes) is 2. The van der Waals surface area contributed by atoms with E-state index in [2.05, 4.69) is 43.6 Å². The molecule has 9 N–H and O–H groups in total. The van der Waals surface area contributed by atoms with Crippen LogP contribution in [0.2, 0.25) is 0 Å². The molecule has 0 spiro atoms. The molecular formula is C44H73N9O4S3. The number of nitrogens with zero attached hydrogens (tertiary/aromatic N) is 3. The van der Waals surface area contributed by atoms with E-state index in [9.17, 15) is 19.2 Å². The highest BCUT2D eigenvalue weighted by Crippen LogP contribution is 2.35. The molecule has 16 heteroatoms. The Bertz CT molecular complexity index is 1880. The van der Waals surface area contributed by atoms with Crippen LogP contribution in [0.1, 0.15) is 206 Å². The molecule has 0 radical (unpaired) electrons. The molecule has 0 unspecified atom stereocenters. The van der Waals surface area contributed by atoms with Crippen molar-refractivity contribution in [1.82, 2.24) is 30.9 Å². The number of amides is 2. The third-order valence-electron chi connectivity index (χ3n) is 11.2. The second kappa shape index (κ2) is 23.5. The molecule has 3 rings (SSSR count). The molecule has 0 aromatic carbocycles. The summed E-state index contributed by atoms with van der Waals surface area (Å²) in [5.74, 6) is -0.334. The van der Waals surface area contributed by atoms with Crippen LogP contribution < -0.4 is 33.2 Å². The SMILES string of the molecule is CCC(CC)(N[C@@H](C)c1nc(CC(C)C)sc1C(=O)N[C@@H](CCCCN)c1nc(C)sc1C(=O)N[C@@H](CC(C)C)c1nc(CCCCN)sc1C(=O)[C@@](C)(N)CC)C(C)=O. The molecule has 0 aliphatic heterocycles. The summed E-state index contributed by atoms with van der Waals surface area (Å²) in [6, 6.07) is -1.58. The van der Waals surface area contributed by atoms with Crippen LogP contribution in [-0.2, 0) is 17.6 Å². The van der Waals surface area contributed by atoms with E-state index >= 15 is 0 Å². The van der Waals surface area contributed by atoms with Crippen molar-refractivity contribution in [2.75, 3.05) is 13.1 Å². The van der Waals surface area contributed by atoms with Crippen LogP contribution >= 0.6 is 34.0 Å². The summed E-state index contributed by atoms with van der Waals surface area (Å²) in [6.07, 6.45) is 7.16. The van der Waals surface area contributed by atoms with Crippen molar-refractivity contribution in [2.45, 2.75) is 176 Å². The van der Waals surface area contributed by atoms with Gasteiger partial charge in [0.1, 0.15) is 15.5 Å². The van der Waals surface area contributed by atoms with Gasteiger partial charge < -0.3 is 27.8 Å². The fraction of sp³-hybridized carbons (Fsp3) is 0.705. The summed E-state index contributed by atoms with van der Waals surface area (Å²) in [7, 11) is 0. The summed E-state index contributed by atoms with van der Waals surface area (Å²) in [5.41, 5.74) is 18.0. The first-order valence-corrected chi connectivity index (χ1v) is 24.3. The van der Waals surface area contributed by atoms with Crippen LogP contribution in [-0.4, -0.2) is 62.5 Å². The molecule has 3 aromatic heterocycles. The number of carbonyl (C=O) groups is 4. The van der Waals surface area contributed by atoms with Crippen LogP contribution in [0.25, 0.3) is 0 Å². The predicted molar refractivity (Wildman–Crippen MR) is 247 cm³/mol. The maximum Gasteiger partial charge on any atom is 0.263 e. The lowest BCUT2D eigenvalue weighted by Gasteiger charge is -2.33. The van der Waals surface area contributed by atoms with Gasteiger partial charge in [-0.25, -0.2) is 15.0 Å². The summed E-state index contributed by atoms with van der Waals surface area (Å²) < 4.78 is 0. The third kappa shape index (κ3) is 13.5. The lowest BCUT2D eigenvalue weighted by Crippen LogP contribution is -2.51. The van der Waals surface area contributed by atoms with E-state index in [1.165, 1.54) is 34.0 Å². The molecule has 0 saturated heterocycles. The lowest BCUT2D eigenvalue weighted by molar-refractivity contribution is -0.124. The first-order valence-electron chi connectivity index (χ1n) is 21.9. The first-order chi connectivity index (χ1) is 28.3. The minimum Gasteiger partial charge on any atom is -0.343 e. The van der Waals surface area contributed by atoms with Gasteiger partial charge >= 0.3 is 0 Å². The number of hydrogen-bond donors (Lipinski definition) is 6. The molecule has 0 aliphatic rings. The quantitative estimate of drug-likeness (QED) is 0.0317. The highest BCUT2D eigenvalue weighted by atomic mass is 32.1. The molecular weight excluding hydrogens is 815 g/mol. The molecule has 336 valence electrons. The zero-order valence-electron chi connectivity index (χ0n) is 38.0. The van der Waals surface area contributed by atoms with E-state index < -0.39 is 23.2 Å². The molecule has 60 heavy (non-hydrogen) atoms. The average Bonchev–Trinajstić information content (AvgIpc) is 3.92. The number of rotatable bonds is 27. The number of Topliss-reactive ketones (excluding diaryl/α,β-unsaturated/α-hetero) is 2. The maximum absolute atomic E-state index is 14.6. The second-order valence-electron chi connectivity index (χ2n) is 17.2. The molecule has 0 fully saturated rings. The van der Waals surface area contributed by atoms with Crippen molar-refractivity contribution in [3.63, 3.8) is 0 Å². The monoisotopic (exact) mass is 887 g/mol. The van der Waals surface area contributed by atoms with E-state index in [4.69, 9.17) is 32.2 Å². The Labute approximate surface area is 370 Å². The molecule has 2 amide bonds. The highest BCUT2D eigenvalue weighted by Gasteiger charge is 2.37. The summed E-state index contributed by atoms with van der Waals surface area (Å²) in [6.45, 7) is 22.4. The summed E-state index contributed by atoms with van der Waals surface area (Å²) >= 11 is 4.00. The molecule has 0 bridgehead atoms. The van der Waals surface area contributed by atoms with Gasteiger partial charge in [0.05, 0.1) is 60.1 Å². The van der Waals surface area contributed by atoms with Gasteiger partial charge in [-0.15, -0.1) is 34.0 Å². The minimum absolute atomic E-state index is 0.0441. The van der Waals surface area contributed by atoms with Crippen LogP contribution in [0.4, 0.5) is 0 Å². The number of hydrogen-bond acceptors (Lipinski definition) is 14. The normalized spacial score (nSPS) is 14.6. The largest absolute Gasteiger partial charge is 0.343 e. The highest BCUT2D eigenvalue weighted by molar-refractivity contribution is 7.14. The fourth-order valence-corrected chi connectivity index (χ4v) is 10.7. The number of thiazole rings is 3. The van der Waals surface area contributed by atoms with Gasteiger partial charge in [-0.1, -0.05) is 48.5 Å². The van der Waals surface area contributed by atoms with E-state index in [-0.39, 0.29) is 35.3 Å². The molecule has 4 atom stereocenters. The smallest absolute Gasteiger partial charge is 0.263 e. The van der Waals surface area contributed by atoms with Crippen molar-refractivity contribution in [3.05, 3.63) is 46.7 Å². The Morgan fingerprint density at radius 3 is 1.80 bits per heavy atom. The second-order valence-corrected chi connectivity index (χ2v) is 20.6. The molecule has 0 saturated carbocycles. The number of nitrogens with one attached hydrogen (secondary N) is 3. The zero-order chi connectivity index (χ0) is 44.9. The molecule has 3 heterocycles. The molecule has 3 aromatic rings. The van der Waals surface area contributed by atoms with Crippen LogP contribution in [0.5, 0.6) is 0 Å². The Kier molecular flexibility index (Phi) is 20.1. The zero-order valence-corrected chi connectivity index (χ0v) is 40.5. The van der Waals surface area contributed by atoms with Gasteiger partial charge in [-0.05, 0) is 117 Å². The van der Waals surface area contributed by atoms with Crippen molar-refractivity contribution in [2.24, 2.45) is 29.0 Å². The maximum atomic E-state index is 14.6. The van der Waals surface area contributed by atoms with Gasteiger partial charge in [0, 0.05) is 12.5 Å². The lowest BCUT2D eigenvalue weighted by atomic mass is 9.87. The minimum atomic E-state index is -1.09. The van der Waals surface area contributed by atoms with E-state index in [1.807, 2.05) is 34.6 Å². The van der Waals surface area contributed by atoms with Crippen molar-refractivity contribution >= 4 is 57.4 Å². The number of aryl methyl sites for hydroxylation is 2. The Hall–Kier alpha value is -2.99. The van der Waals surface area contributed by atoms with Crippen LogP contribution in [0.3, 0.4) is 0 Å². The number of nitrogens with two attached hydrogens (primary N) is 3. The van der Waals surface area contributed by atoms with Crippen molar-refractivity contribution < 1.29 is 19.2 Å². The topological polar surface area (TPSA) is 221 Å². The van der Waals surface area contributed by atoms with Gasteiger partial charge in [0.2, 0.25) is 0 Å². The number of aromatic nitrogens is 3. The average molecular weight is 888 g/mol. The van der Waals surface area contributed by atoms with Crippen molar-refractivity contribution in [1.29, 1.82) is 0 Å². The number of ketones is 2. The van der Waals surface area contributed by atoms with Crippen LogP contribution in [0, 0.1) is 18.8 Å². The predicted octanol–water partition coefficient (Wildman–Crippen LogP) is 8.07.